The molecule has 0 saturated heterocycles. The molecule has 0 unspecified atom stereocenters. The highest BCUT2D eigenvalue weighted by atomic mass is 14.3. The van der Waals surface area contributed by atoms with Crippen molar-refractivity contribution in [3.05, 3.63) is 47.0 Å². The van der Waals surface area contributed by atoms with E-state index in [4.69, 9.17) is 0 Å². The van der Waals surface area contributed by atoms with Crippen LogP contribution in [0.25, 0.3) is 10.8 Å². The summed E-state index contributed by atoms with van der Waals surface area (Å²) in [5.41, 5.74) is 2.17. The molecule has 2 rings (SSSR count). The molecule has 0 N–H and O–H groups in total. The monoisotopic (exact) mass is 248 g/mol. The number of hydrogen-bond donors (Lipinski definition) is 0. The second kappa shape index (κ2) is 6.03. The topological polar surface area (TPSA) is 47.6 Å². The molecular weight excluding hydrogens is 232 g/mol. The van der Waals surface area contributed by atoms with E-state index < -0.39 is 0 Å². The Morgan fingerprint density at radius 1 is 1.00 bits per heavy atom. The molecule has 0 aromatic heterocycles. The molecule has 0 aliphatic rings. The van der Waals surface area contributed by atoms with Gasteiger partial charge in [-0.2, -0.15) is 10.5 Å². The SMILES string of the molecule is CCCCCc1cc(C#N)c(C#N)c2ccccc12. The van der Waals surface area contributed by atoms with Crippen molar-refractivity contribution in [2.75, 3.05) is 0 Å². The predicted molar refractivity (Wildman–Crippen MR) is 76.6 cm³/mol. The van der Waals surface area contributed by atoms with Gasteiger partial charge in [0.05, 0.1) is 11.1 Å². The van der Waals surface area contributed by atoms with Crippen molar-refractivity contribution in [3.63, 3.8) is 0 Å². The summed E-state index contributed by atoms with van der Waals surface area (Å²) in [6.45, 7) is 2.18. The number of hydrogen-bond acceptors (Lipinski definition) is 2. The number of nitrogens with zero attached hydrogens (tertiary/aromatic N) is 2. The van der Waals surface area contributed by atoms with Crippen molar-refractivity contribution >= 4 is 10.8 Å². The maximum absolute atomic E-state index is 9.25. The second-order valence-electron chi connectivity index (χ2n) is 4.68. The molecule has 0 fully saturated rings. The summed E-state index contributed by atoms with van der Waals surface area (Å²) in [4.78, 5) is 0. The molecule has 0 aliphatic carbocycles. The van der Waals surface area contributed by atoms with Crippen LogP contribution in [-0.2, 0) is 6.42 Å². The Kier molecular flexibility index (Phi) is 4.16. The van der Waals surface area contributed by atoms with E-state index in [-0.39, 0.29) is 0 Å². The third-order valence-corrected chi connectivity index (χ3v) is 3.41. The van der Waals surface area contributed by atoms with Crippen LogP contribution in [0.4, 0.5) is 0 Å². The molecule has 2 aromatic rings. The molecule has 0 aliphatic heterocycles. The molecule has 0 spiro atoms. The van der Waals surface area contributed by atoms with Gasteiger partial charge in [-0.15, -0.1) is 0 Å². The summed E-state index contributed by atoms with van der Waals surface area (Å²) in [6.07, 6.45) is 4.46. The molecule has 0 amide bonds. The minimum atomic E-state index is 0.493. The van der Waals surface area contributed by atoms with Crippen LogP contribution in [0.3, 0.4) is 0 Å². The molecule has 2 nitrogen and oxygen atoms in total. The molecule has 0 heterocycles. The molecule has 0 radical (unpaired) electrons. The summed E-state index contributed by atoms with van der Waals surface area (Å²) in [6, 6.07) is 14.1. The highest BCUT2D eigenvalue weighted by Crippen LogP contribution is 2.27. The molecule has 0 saturated carbocycles. The van der Waals surface area contributed by atoms with Crippen LogP contribution in [0.1, 0.15) is 42.9 Å². The Labute approximate surface area is 113 Å². The quantitative estimate of drug-likeness (QED) is 0.757. The first-order valence-corrected chi connectivity index (χ1v) is 6.66. The van der Waals surface area contributed by atoms with Crippen LogP contribution in [-0.4, -0.2) is 0 Å². The van der Waals surface area contributed by atoms with Crippen LogP contribution < -0.4 is 0 Å². The van der Waals surface area contributed by atoms with E-state index in [1.54, 1.807) is 0 Å². The largest absolute Gasteiger partial charge is 0.192 e. The van der Waals surface area contributed by atoms with Gasteiger partial charge in [-0.1, -0.05) is 44.0 Å². The average molecular weight is 248 g/mol. The number of rotatable bonds is 4. The lowest BCUT2D eigenvalue weighted by atomic mass is 9.93. The zero-order valence-electron chi connectivity index (χ0n) is 11.1. The number of unbranched alkanes of at least 4 members (excludes halogenated alkanes) is 2. The van der Waals surface area contributed by atoms with Crippen molar-refractivity contribution < 1.29 is 0 Å². The smallest absolute Gasteiger partial charge is 0.101 e. The van der Waals surface area contributed by atoms with Crippen molar-refractivity contribution in [3.8, 4) is 12.1 Å². The Bertz CT molecular complexity index is 672. The molecular formula is C17H16N2. The third-order valence-electron chi connectivity index (χ3n) is 3.41. The van der Waals surface area contributed by atoms with Crippen LogP contribution in [0, 0.1) is 22.7 Å². The zero-order valence-corrected chi connectivity index (χ0v) is 11.1. The van der Waals surface area contributed by atoms with Gasteiger partial charge in [0.2, 0.25) is 0 Å². The summed E-state index contributed by atoms with van der Waals surface area (Å²) in [5, 5.41) is 20.5. The van der Waals surface area contributed by atoms with E-state index in [2.05, 4.69) is 19.1 Å². The maximum Gasteiger partial charge on any atom is 0.101 e. The van der Waals surface area contributed by atoms with Gasteiger partial charge in [0.25, 0.3) is 0 Å². The minimum absolute atomic E-state index is 0.493. The van der Waals surface area contributed by atoms with E-state index in [0.717, 1.165) is 23.6 Å². The van der Waals surface area contributed by atoms with Gasteiger partial charge in [-0.05, 0) is 29.9 Å². The maximum atomic E-state index is 9.25. The standard InChI is InChI=1S/C17H16N2/c1-2-3-4-7-13-10-14(11-18)17(12-19)16-9-6-5-8-15(13)16/h5-6,8-10H,2-4,7H2,1H3. The van der Waals surface area contributed by atoms with Gasteiger partial charge in [-0.3, -0.25) is 0 Å². The Morgan fingerprint density at radius 2 is 1.74 bits per heavy atom. The van der Waals surface area contributed by atoms with Crippen molar-refractivity contribution in [1.82, 2.24) is 0 Å². The lowest BCUT2D eigenvalue weighted by Gasteiger charge is -2.09. The van der Waals surface area contributed by atoms with Crippen LogP contribution in [0.2, 0.25) is 0 Å². The minimum Gasteiger partial charge on any atom is -0.192 e. The van der Waals surface area contributed by atoms with Gasteiger partial charge in [0.1, 0.15) is 12.1 Å². The Hall–Kier alpha value is -2.32. The van der Waals surface area contributed by atoms with E-state index in [1.165, 1.54) is 18.4 Å². The fourth-order valence-electron chi connectivity index (χ4n) is 2.43. The highest BCUT2D eigenvalue weighted by molar-refractivity contribution is 5.92. The van der Waals surface area contributed by atoms with E-state index >= 15 is 0 Å². The lowest BCUT2D eigenvalue weighted by Crippen LogP contribution is -1.94. The third kappa shape index (κ3) is 2.59. The zero-order chi connectivity index (χ0) is 13.7. The summed E-state index contributed by atoms with van der Waals surface area (Å²) in [7, 11) is 0. The number of aryl methyl sites for hydroxylation is 1. The van der Waals surface area contributed by atoms with Gasteiger partial charge < -0.3 is 0 Å². The molecule has 0 bridgehead atoms. The summed E-state index contributed by atoms with van der Waals surface area (Å²) >= 11 is 0. The van der Waals surface area contributed by atoms with Gasteiger partial charge in [-0.25, -0.2) is 0 Å². The normalized spacial score (nSPS) is 10.1. The molecule has 2 heteroatoms. The summed E-state index contributed by atoms with van der Waals surface area (Å²) in [5.74, 6) is 0. The van der Waals surface area contributed by atoms with Gasteiger partial charge in [0, 0.05) is 5.39 Å². The van der Waals surface area contributed by atoms with Crippen molar-refractivity contribution in [2.24, 2.45) is 0 Å². The highest BCUT2D eigenvalue weighted by Gasteiger charge is 2.11. The molecule has 94 valence electrons. The number of benzene rings is 2. The van der Waals surface area contributed by atoms with Crippen molar-refractivity contribution in [1.29, 1.82) is 10.5 Å². The van der Waals surface area contributed by atoms with E-state index in [0.29, 0.717) is 11.1 Å². The number of nitriles is 2. The Balaban J connectivity index is 2.59. The number of fused-ring (bicyclic) bond motifs is 1. The fraction of sp³-hybridized carbons (Fsp3) is 0.294. The second-order valence-corrected chi connectivity index (χ2v) is 4.68. The van der Waals surface area contributed by atoms with Gasteiger partial charge in [0.15, 0.2) is 0 Å². The summed E-state index contributed by atoms with van der Waals surface area (Å²) < 4.78 is 0. The Morgan fingerprint density at radius 3 is 2.37 bits per heavy atom. The van der Waals surface area contributed by atoms with Crippen LogP contribution in [0.5, 0.6) is 0 Å². The fourth-order valence-corrected chi connectivity index (χ4v) is 2.43. The van der Waals surface area contributed by atoms with E-state index in [1.807, 2.05) is 30.3 Å². The van der Waals surface area contributed by atoms with E-state index in [9.17, 15) is 10.5 Å². The lowest BCUT2D eigenvalue weighted by molar-refractivity contribution is 0.719. The first-order valence-electron chi connectivity index (χ1n) is 6.66. The first-order chi connectivity index (χ1) is 9.31. The van der Waals surface area contributed by atoms with Crippen LogP contribution in [0.15, 0.2) is 30.3 Å². The van der Waals surface area contributed by atoms with Crippen LogP contribution >= 0.6 is 0 Å². The first kappa shape index (κ1) is 13.1. The molecule has 19 heavy (non-hydrogen) atoms. The molecule has 0 atom stereocenters. The molecule has 2 aromatic carbocycles. The van der Waals surface area contributed by atoms with Crippen molar-refractivity contribution in [2.45, 2.75) is 32.6 Å². The average Bonchev–Trinajstić information content (AvgIpc) is 2.46. The predicted octanol–water partition coefficient (Wildman–Crippen LogP) is 4.32. The van der Waals surface area contributed by atoms with Gasteiger partial charge >= 0.3 is 0 Å².